The molecule has 0 aromatic heterocycles. The Hall–Kier alpha value is -0.0900. The molecule has 0 aliphatic carbocycles. The lowest BCUT2D eigenvalue weighted by Crippen LogP contribution is -2.46. The van der Waals surface area contributed by atoms with Crippen LogP contribution in [0, 0.1) is 0 Å². The molecule has 1 unspecified atom stereocenters. The van der Waals surface area contributed by atoms with Gasteiger partial charge in [-0.05, 0) is 33.4 Å². The highest BCUT2D eigenvalue weighted by Crippen LogP contribution is 2.17. The van der Waals surface area contributed by atoms with Gasteiger partial charge in [-0.15, -0.1) is 0 Å². The van der Waals surface area contributed by atoms with Crippen LogP contribution in [0.5, 0.6) is 0 Å². The molecule has 1 amide bonds. The van der Waals surface area contributed by atoms with Gasteiger partial charge in [0.1, 0.15) is 0 Å². The molecule has 3 nitrogen and oxygen atoms in total. The van der Waals surface area contributed by atoms with Crippen LogP contribution < -0.4 is 0 Å². The van der Waals surface area contributed by atoms with Crippen molar-refractivity contribution in [2.24, 2.45) is 0 Å². The summed E-state index contributed by atoms with van der Waals surface area (Å²) in [7, 11) is 4.23. The highest BCUT2D eigenvalue weighted by Gasteiger charge is 2.26. The standard InChI is InChI=1S/C11H21BrN2O/c1-4-10(12)11(15)14-7-5-9(6-8-14)13(2)3/h9-10H,4-8H2,1-3H3. The SMILES string of the molecule is CCC(Br)C(=O)N1CCC(N(C)C)CC1. The lowest BCUT2D eigenvalue weighted by Gasteiger charge is -2.36. The normalized spacial score (nSPS) is 20.7. The van der Waals surface area contributed by atoms with Crippen molar-refractivity contribution in [3.63, 3.8) is 0 Å². The third-order valence-corrected chi connectivity index (χ3v) is 4.17. The Labute approximate surface area is 101 Å². The maximum atomic E-state index is 11.9. The number of likely N-dealkylation sites (tertiary alicyclic amines) is 1. The Morgan fingerprint density at radius 3 is 2.40 bits per heavy atom. The zero-order chi connectivity index (χ0) is 11.4. The number of piperidine rings is 1. The van der Waals surface area contributed by atoms with Crippen molar-refractivity contribution in [1.82, 2.24) is 9.80 Å². The number of hydrogen-bond donors (Lipinski definition) is 0. The van der Waals surface area contributed by atoms with E-state index in [1.165, 1.54) is 0 Å². The average molecular weight is 277 g/mol. The summed E-state index contributed by atoms with van der Waals surface area (Å²) in [6, 6.07) is 0.643. The van der Waals surface area contributed by atoms with Crippen LogP contribution >= 0.6 is 15.9 Å². The third-order valence-electron chi connectivity index (χ3n) is 3.13. The van der Waals surface area contributed by atoms with Gasteiger partial charge >= 0.3 is 0 Å². The third kappa shape index (κ3) is 3.45. The molecule has 15 heavy (non-hydrogen) atoms. The molecule has 1 fully saturated rings. The molecule has 0 aromatic rings. The summed E-state index contributed by atoms with van der Waals surface area (Å²) in [6.07, 6.45) is 3.07. The molecule has 4 heteroatoms. The van der Waals surface area contributed by atoms with E-state index in [0.29, 0.717) is 6.04 Å². The van der Waals surface area contributed by atoms with Crippen molar-refractivity contribution in [1.29, 1.82) is 0 Å². The van der Waals surface area contributed by atoms with Crippen LogP contribution in [0.3, 0.4) is 0 Å². The van der Waals surface area contributed by atoms with Gasteiger partial charge in [0.25, 0.3) is 0 Å². The second-order valence-electron chi connectivity index (χ2n) is 4.40. The number of rotatable bonds is 3. The molecule has 0 spiro atoms. The monoisotopic (exact) mass is 276 g/mol. The Kier molecular flexibility index (Phi) is 5.06. The average Bonchev–Trinajstić information content (AvgIpc) is 2.27. The lowest BCUT2D eigenvalue weighted by atomic mass is 10.0. The van der Waals surface area contributed by atoms with Gasteiger partial charge in [-0.25, -0.2) is 0 Å². The van der Waals surface area contributed by atoms with Gasteiger partial charge < -0.3 is 9.80 Å². The number of hydrogen-bond acceptors (Lipinski definition) is 2. The number of nitrogens with zero attached hydrogens (tertiary/aromatic N) is 2. The Morgan fingerprint density at radius 2 is 2.00 bits per heavy atom. The molecule has 1 saturated heterocycles. The molecule has 0 aromatic carbocycles. The number of halogens is 1. The predicted molar refractivity (Wildman–Crippen MR) is 66.3 cm³/mol. The van der Waals surface area contributed by atoms with Crippen molar-refractivity contribution in [2.45, 2.75) is 37.1 Å². The van der Waals surface area contributed by atoms with Gasteiger partial charge in [-0.1, -0.05) is 22.9 Å². The highest BCUT2D eigenvalue weighted by atomic mass is 79.9. The molecular weight excluding hydrogens is 256 g/mol. The number of carbonyl (C=O) groups excluding carboxylic acids is 1. The molecular formula is C11H21BrN2O. The first-order valence-electron chi connectivity index (χ1n) is 5.65. The predicted octanol–water partition coefficient (Wildman–Crippen LogP) is 1.71. The van der Waals surface area contributed by atoms with E-state index in [1.54, 1.807) is 0 Å². The molecule has 1 aliphatic heterocycles. The fourth-order valence-corrected chi connectivity index (χ4v) is 2.26. The van der Waals surface area contributed by atoms with Crippen LogP contribution in [0.25, 0.3) is 0 Å². The van der Waals surface area contributed by atoms with Crippen LogP contribution in [0.1, 0.15) is 26.2 Å². The van der Waals surface area contributed by atoms with Crippen molar-refractivity contribution < 1.29 is 4.79 Å². The summed E-state index contributed by atoms with van der Waals surface area (Å²) in [5.74, 6) is 0.259. The molecule has 0 bridgehead atoms. The summed E-state index contributed by atoms with van der Waals surface area (Å²) in [4.78, 5) is 16.1. The van der Waals surface area contributed by atoms with Gasteiger partial charge in [0.2, 0.25) is 5.91 Å². The van der Waals surface area contributed by atoms with E-state index < -0.39 is 0 Å². The van der Waals surface area contributed by atoms with Crippen molar-refractivity contribution >= 4 is 21.8 Å². The van der Waals surface area contributed by atoms with Gasteiger partial charge in [-0.3, -0.25) is 4.79 Å². The van der Waals surface area contributed by atoms with Crippen LogP contribution in [-0.4, -0.2) is 53.8 Å². The molecule has 1 aliphatic rings. The van der Waals surface area contributed by atoms with Crippen LogP contribution in [0.4, 0.5) is 0 Å². The van der Waals surface area contributed by atoms with Gasteiger partial charge in [0.15, 0.2) is 0 Å². The Balaban J connectivity index is 2.40. The van der Waals surface area contributed by atoms with E-state index in [0.717, 1.165) is 32.4 Å². The molecule has 1 heterocycles. The number of carbonyl (C=O) groups is 1. The molecule has 0 N–H and O–H groups in total. The van der Waals surface area contributed by atoms with Crippen LogP contribution in [0.2, 0.25) is 0 Å². The van der Waals surface area contributed by atoms with Crippen LogP contribution in [0.15, 0.2) is 0 Å². The van der Waals surface area contributed by atoms with Crippen molar-refractivity contribution in [3.8, 4) is 0 Å². The maximum Gasteiger partial charge on any atom is 0.236 e. The minimum Gasteiger partial charge on any atom is -0.342 e. The number of alkyl halides is 1. The van der Waals surface area contributed by atoms with Crippen molar-refractivity contribution in [3.05, 3.63) is 0 Å². The van der Waals surface area contributed by atoms with Crippen LogP contribution in [-0.2, 0) is 4.79 Å². The van der Waals surface area contributed by atoms with Gasteiger partial charge in [0, 0.05) is 19.1 Å². The maximum absolute atomic E-state index is 11.9. The number of amides is 1. The van der Waals surface area contributed by atoms with E-state index in [4.69, 9.17) is 0 Å². The van der Waals surface area contributed by atoms with Gasteiger partial charge in [-0.2, -0.15) is 0 Å². The minimum absolute atomic E-state index is 0.00778. The molecule has 0 radical (unpaired) electrons. The highest BCUT2D eigenvalue weighted by molar-refractivity contribution is 9.10. The first-order valence-corrected chi connectivity index (χ1v) is 6.57. The van der Waals surface area contributed by atoms with Crippen molar-refractivity contribution in [2.75, 3.05) is 27.2 Å². The minimum atomic E-state index is 0.00778. The molecule has 88 valence electrons. The fourth-order valence-electron chi connectivity index (χ4n) is 1.98. The summed E-state index contributed by atoms with van der Waals surface area (Å²) in [5, 5.41) is 0. The first-order chi connectivity index (χ1) is 7.06. The van der Waals surface area contributed by atoms with E-state index in [-0.39, 0.29) is 10.7 Å². The topological polar surface area (TPSA) is 23.6 Å². The zero-order valence-electron chi connectivity index (χ0n) is 9.87. The molecule has 0 saturated carbocycles. The first kappa shape index (κ1) is 13.0. The lowest BCUT2D eigenvalue weighted by molar-refractivity contribution is -0.131. The summed E-state index contributed by atoms with van der Waals surface area (Å²) >= 11 is 3.42. The molecule has 1 atom stereocenters. The fraction of sp³-hybridized carbons (Fsp3) is 0.909. The van der Waals surface area contributed by atoms with E-state index in [9.17, 15) is 4.79 Å². The smallest absolute Gasteiger partial charge is 0.236 e. The second-order valence-corrected chi connectivity index (χ2v) is 5.50. The van der Waals surface area contributed by atoms with E-state index >= 15 is 0 Å². The second kappa shape index (κ2) is 5.85. The Bertz CT molecular complexity index is 213. The summed E-state index contributed by atoms with van der Waals surface area (Å²) in [6.45, 7) is 3.84. The van der Waals surface area contributed by atoms with Gasteiger partial charge in [0.05, 0.1) is 4.83 Å². The quantitative estimate of drug-likeness (QED) is 0.733. The summed E-state index contributed by atoms with van der Waals surface area (Å²) in [5.41, 5.74) is 0. The molecule has 1 rings (SSSR count). The Morgan fingerprint density at radius 1 is 1.47 bits per heavy atom. The summed E-state index contributed by atoms with van der Waals surface area (Å²) < 4.78 is 0. The zero-order valence-corrected chi connectivity index (χ0v) is 11.5. The van der Waals surface area contributed by atoms with E-state index in [2.05, 4.69) is 34.9 Å². The largest absolute Gasteiger partial charge is 0.342 e. The van der Waals surface area contributed by atoms with E-state index in [1.807, 2.05) is 11.8 Å².